The smallest absolute Gasteiger partial charge is 0.408 e. The zero-order valence-corrected chi connectivity index (χ0v) is 31.3. The lowest BCUT2D eigenvalue weighted by Crippen LogP contribution is -2.44. The monoisotopic (exact) mass is 708 g/mol. The number of amides is 1. The molecule has 284 valence electrons. The average molecular weight is 709 g/mol. The van der Waals surface area contributed by atoms with Crippen LogP contribution in [0.4, 0.5) is 10.5 Å². The molecule has 4 atom stereocenters. The zero-order chi connectivity index (χ0) is 39.4. The summed E-state index contributed by atoms with van der Waals surface area (Å²) in [5.41, 5.74) is 5.37. The molecule has 0 aliphatic rings. The first-order chi connectivity index (χ1) is 22.9. The van der Waals surface area contributed by atoms with Crippen LogP contribution in [-0.4, -0.2) is 87.2 Å². The lowest BCUT2D eigenvalue weighted by molar-refractivity contribution is -0.140. The van der Waals surface area contributed by atoms with Gasteiger partial charge in [0, 0.05) is 5.69 Å². The molecule has 2 rings (SSSR count). The van der Waals surface area contributed by atoms with E-state index in [2.05, 4.69) is 16.0 Å². The van der Waals surface area contributed by atoms with Crippen LogP contribution in [0.1, 0.15) is 82.1 Å². The molecule has 50 heavy (non-hydrogen) atoms. The number of nitrogens with two attached hydrogens (primary N) is 1. The number of nitrogens with one attached hydrogen (secondary N) is 3. The second-order valence-corrected chi connectivity index (χ2v) is 13.8. The second-order valence-electron chi connectivity index (χ2n) is 13.8. The lowest BCUT2D eigenvalue weighted by atomic mass is 10.0. The Balaban J connectivity index is 0. The van der Waals surface area contributed by atoms with E-state index in [1.165, 1.54) is 0 Å². The minimum absolute atomic E-state index is 0.0208. The number of hydrogen-bond acceptors (Lipinski definition) is 9. The van der Waals surface area contributed by atoms with Gasteiger partial charge in [0.15, 0.2) is 0 Å². The molecule has 0 saturated carbocycles. The number of aliphatic carboxylic acids is 4. The fourth-order valence-corrected chi connectivity index (χ4v) is 3.83. The molecule has 2 aromatic carbocycles. The molecule has 0 spiro atoms. The summed E-state index contributed by atoms with van der Waals surface area (Å²) in [5, 5.41) is 44.7. The number of carboxylic acid groups (broad SMARTS) is 4. The van der Waals surface area contributed by atoms with Gasteiger partial charge < -0.3 is 46.8 Å². The highest BCUT2D eigenvalue weighted by atomic mass is 16.6. The molecule has 0 aromatic heterocycles. The molecule has 14 heteroatoms. The lowest BCUT2D eigenvalue weighted by Gasteiger charge is -2.22. The van der Waals surface area contributed by atoms with E-state index >= 15 is 0 Å². The molecule has 0 radical (unpaired) electrons. The first kappa shape index (κ1) is 47.7. The predicted molar refractivity (Wildman–Crippen MR) is 195 cm³/mol. The van der Waals surface area contributed by atoms with Crippen molar-refractivity contribution < 1.29 is 49.1 Å². The van der Waals surface area contributed by atoms with Gasteiger partial charge in [0.1, 0.15) is 29.8 Å². The van der Waals surface area contributed by atoms with Crippen LogP contribution in [0.15, 0.2) is 42.5 Å². The van der Waals surface area contributed by atoms with Gasteiger partial charge in [-0.25, -0.2) is 9.59 Å². The van der Waals surface area contributed by atoms with Crippen molar-refractivity contribution in [2.75, 3.05) is 12.4 Å². The maximum atomic E-state index is 11.4. The van der Waals surface area contributed by atoms with Crippen LogP contribution in [-0.2, 0) is 23.9 Å². The van der Waals surface area contributed by atoms with Crippen molar-refractivity contribution in [1.29, 1.82) is 0 Å². The highest BCUT2D eigenvalue weighted by molar-refractivity contribution is 5.86. The van der Waals surface area contributed by atoms with E-state index in [0.717, 1.165) is 16.5 Å². The van der Waals surface area contributed by atoms with Crippen molar-refractivity contribution in [3.63, 3.8) is 0 Å². The maximum absolute atomic E-state index is 11.4. The van der Waals surface area contributed by atoms with Gasteiger partial charge in [0.25, 0.3) is 0 Å². The summed E-state index contributed by atoms with van der Waals surface area (Å²) < 4.78 is 4.99. The number of benzene rings is 2. The third-order valence-electron chi connectivity index (χ3n) is 6.56. The average Bonchev–Trinajstić information content (AvgIpc) is 2.98. The Bertz CT molecular complexity index is 1340. The molecule has 0 fully saturated rings. The second kappa shape index (κ2) is 23.8. The largest absolute Gasteiger partial charge is 0.480 e. The topological polar surface area (TPSA) is 238 Å². The molecule has 14 nitrogen and oxygen atoms in total. The minimum Gasteiger partial charge on any atom is -0.480 e. The van der Waals surface area contributed by atoms with Crippen molar-refractivity contribution in [2.45, 2.75) is 112 Å². The number of ether oxygens (including phenoxy) is 1. The number of hydrogen-bond donors (Lipinski definition) is 8. The van der Waals surface area contributed by atoms with Crippen LogP contribution in [0.2, 0.25) is 0 Å². The Morgan fingerprint density at radius 3 is 1.54 bits per heavy atom. The van der Waals surface area contributed by atoms with Crippen molar-refractivity contribution in [3.05, 3.63) is 42.5 Å². The van der Waals surface area contributed by atoms with Gasteiger partial charge >= 0.3 is 30.0 Å². The highest BCUT2D eigenvalue weighted by Gasteiger charge is 2.24. The van der Waals surface area contributed by atoms with Gasteiger partial charge in [-0.3, -0.25) is 14.4 Å². The van der Waals surface area contributed by atoms with Gasteiger partial charge in [-0.05, 0) is 88.2 Å². The molecule has 9 N–H and O–H groups in total. The summed E-state index contributed by atoms with van der Waals surface area (Å²) >= 11 is 0. The van der Waals surface area contributed by atoms with Gasteiger partial charge in [-0.15, -0.1) is 0 Å². The Labute approximate surface area is 296 Å². The van der Waals surface area contributed by atoms with Crippen LogP contribution in [0, 0.1) is 17.8 Å². The third kappa shape index (κ3) is 23.0. The normalized spacial score (nSPS) is 13.2. The van der Waals surface area contributed by atoms with E-state index in [0.29, 0.717) is 18.8 Å². The van der Waals surface area contributed by atoms with E-state index < -0.39 is 53.7 Å². The molecule has 4 unspecified atom stereocenters. The van der Waals surface area contributed by atoms with Gasteiger partial charge in [0.2, 0.25) is 0 Å². The molecule has 0 aliphatic heterocycles. The molecule has 2 aromatic rings. The SMILES string of the molecule is CC(C)C(N)C(=O)O.CC(C)CC(NC(=O)OC(C)(C)C)C(=O)O.CC(Nc1ccc2ccccc2c1)C(=O)O.CNC(CC(C)C)C(=O)O. The summed E-state index contributed by atoms with van der Waals surface area (Å²) in [5.74, 6) is -2.96. The Kier molecular flexibility index (Phi) is 22.7. The number of anilines is 1. The van der Waals surface area contributed by atoms with E-state index in [9.17, 15) is 24.0 Å². The highest BCUT2D eigenvalue weighted by Crippen LogP contribution is 2.19. The minimum atomic E-state index is -1.04. The Morgan fingerprint density at radius 1 is 0.720 bits per heavy atom. The van der Waals surface area contributed by atoms with Crippen molar-refractivity contribution in [2.24, 2.45) is 23.5 Å². The van der Waals surface area contributed by atoms with Crippen LogP contribution >= 0.6 is 0 Å². The maximum Gasteiger partial charge on any atom is 0.408 e. The number of fused-ring (bicyclic) bond motifs is 1. The molecule has 0 heterocycles. The zero-order valence-electron chi connectivity index (χ0n) is 31.3. The molecule has 0 aliphatic carbocycles. The van der Waals surface area contributed by atoms with E-state index in [4.69, 9.17) is 30.9 Å². The number of rotatable bonds is 13. The number of likely N-dealkylation sites (N-methyl/N-ethyl adjacent to an activating group) is 1. The number of carbonyl (C=O) groups excluding carboxylic acids is 1. The summed E-state index contributed by atoms with van der Waals surface area (Å²) in [4.78, 5) is 53.3. The number of carbonyl (C=O) groups is 5. The first-order valence-corrected chi connectivity index (χ1v) is 16.5. The van der Waals surface area contributed by atoms with Gasteiger partial charge in [-0.2, -0.15) is 0 Å². The molecule has 0 bridgehead atoms. The quantitative estimate of drug-likeness (QED) is 0.129. The van der Waals surface area contributed by atoms with Crippen molar-refractivity contribution >= 4 is 46.4 Å². The number of carboxylic acids is 4. The molecule has 0 saturated heterocycles. The first-order valence-electron chi connectivity index (χ1n) is 16.5. The van der Waals surface area contributed by atoms with Crippen LogP contribution in [0.3, 0.4) is 0 Å². The standard InChI is InChI=1S/C13H13NO2.C11H21NO4.C7H15NO2.C5H11NO2/c1-9(13(15)16)14-12-7-6-10-4-2-3-5-11(10)8-12;1-7(2)6-8(9(13)14)12-10(15)16-11(3,4)5;1-5(2)4-6(8-3)7(9)10;1-3(2)4(6)5(7)8/h2-9,14H,1H3,(H,15,16);7-8H,6H2,1-5H3,(H,12,15)(H,13,14);5-6,8H,4H2,1-3H3,(H,9,10);3-4H,6H2,1-2H3,(H,7,8). The summed E-state index contributed by atoms with van der Waals surface area (Å²) in [7, 11) is 1.67. The van der Waals surface area contributed by atoms with E-state index in [1.807, 2.05) is 70.2 Å². The van der Waals surface area contributed by atoms with Gasteiger partial charge in [-0.1, -0.05) is 71.9 Å². The molecule has 1 amide bonds. The Morgan fingerprint density at radius 2 is 1.20 bits per heavy atom. The fraction of sp³-hybridized carbons (Fsp3) is 0.583. The van der Waals surface area contributed by atoms with Crippen LogP contribution < -0.4 is 21.7 Å². The van der Waals surface area contributed by atoms with Crippen LogP contribution in [0.25, 0.3) is 10.8 Å². The third-order valence-corrected chi connectivity index (χ3v) is 6.56. The van der Waals surface area contributed by atoms with Crippen molar-refractivity contribution in [3.8, 4) is 0 Å². The fourth-order valence-electron chi connectivity index (χ4n) is 3.83. The van der Waals surface area contributed by atoms with Crippen molar-refractivity contribution in [1.82, 2.24) is 10.6 Å². The predicted octanol–water partition coefficient (Wildman–Crippen LogP) is 5.49. The summed E-state index contributed by atoms with van der Waals surface area (Å²) in [6.45, 7) is 18.2. The molecular weight excluding hydrogens is 648 g/mol. The van der Waals surface area contributed by atoms with Gasteiger partial charge in [0.05, 0.1) is 0 Å². The van der Waals surface area contributed by atoms with E-state index in [1.54, 1.807) is 48.6 Å². The van der Waals surface area contributed by atoms with E-state index in [-0.39, 0.29) is 17.9 Å². The summed E-state index contributed by atoms with van der Waals surface area (Å²) in [6.07, 6.45) is 0.376. The Hall–Kier alpha value is -4.43. The summed E-state index contributed by atoms with van der Waals surface area (Å²) in [6, 6.07) is 11.2. The van der Waals surface area contributed by atoms with Crippen LogP contribution in [0.5, 0.6) is 0 Å². The molecular formula is C36H60N4O10. The number of alkyl carbamates (subject to hydrolysis) is 1.